The van der Waals surface area contributed by atoms with E-state index in [4.69, 9.17) is 9.15 Å². The molecule has 0 radical (unpaired) electrons. The summed E-state index contributed by atoms with van der Waals surface area (Å²) < 4.78 is 24.7. The molecule has 0 aliphatic heterocycles. The van der Waals surface area contributed by atoms with Gasteiger partial charge in [-0.05, 0) is 47.1 Å². The van der Waals surface area contributed by atoms with Crippen molar-refractivity contribution in [1.82, 2.24) is 5.32 Å². The number of hydrogen-bond donors (Lipinski definition) is 1. The molecule has 20 heavy (non-hydrogen) atoms. The molecule has 0 spiro atoms. The van der Waals surface area contributed by atoms with Gasteiger partial charge in [0.25, 0.3) is 0 Å². The minimum Gasteiger partial charge on any atom is -0.486 e. The summed E-state index contributed by atoms with van der Waals surface area (Å²) in [5.74, 6) is 0.901. The average molecular weight is 342 g/mol. The lowest BCUT2D eigenvalue weighted by molar-refractivity contribution is 0.267. The second-order valence-corrected chi connectivity index (χ2v) is 5.26. The highest BCUT2D eigenvalue weighted by Gasteiger charge is 2.08. The maximum atomic E-state index is 13.4. The lowest BCUT2D eigenvalue weighted by Gasteiger charge is -2.07. The van der Waals surface area contributed by atoms with Gasteiger partial charge in [0.1, 0.15) is 23.9 Å². The molecule has 1 N–H and O–H groups in total. The molecule has 1 heterocycles. The van der Waals surface area contributed by atoms with Crippen molar-refractivity contribution in [3.05, 3.63) is 52.1 Å². The van der Waals surface area contributed by atoms with Gasteiger partial charge in [-0.25, -0.2) is 4.39 Å². The highest BCUT2D eigenvalue weighted by atomic mass is 79.9. The van der Waals surface area contributed by atoms with Crippen LogP contribution < -0.4 is 10.1 Å². The summed E-state index contributed by atoms with van der Waals surface area (Å²) in [5, 5.41) is 3.31. The highest BCUT2D eigenvalue weighted by Crippen LogP contribution is 2.22. The van der Waals surface area contributed by atoms with Gasteiger partial charge < -0.3 is 14.5 Å². The fraction of sp³-hybridized carbons (Fsp3) is 0.333. The number of hydrogen-bond acceptors (Lipinski definition) is 3. The zero-order chi connectivity index (χ0) is 14.4. The van der Waals surface area contributed by atoms with E-state index in [0.717, 1.165) is 30.8 Å². The first-order valence-electron chi connectivity index (χ1n) is 6.54. The lowest BCUT2D eigenvalue weighted by atomic mass is 10.2. The summed E-state index contributed by atoms with van der Waals surface area (Å²) >= 11 is 3.11. The van der Waals surface area contributed by atoms with Crippen LogP contribution in [0, 0.1) is 5.82 Å². The van der Waals surface area contributed by atoms with Crippen LogP contribution in [-0.4, -0.2) is 6.54 Å². The Kier molecular flexibility index (Phi) is 5.61. The molecule has 0 saturated heterocycles. The fourth-order valence-electron chi connectivity index (χ4n) is 1.77. The van der Waals surface area contributed by atoms with Crippen LogP contribution in [0.25, 0.3) is 0 Å². The van der Waals surface area contributed by atoms with E-state index in [2.05, 4.69) is 28.2 Å². The maximum Gasteiger partial charge on any atom is 0.146 e. The van der Waals surface area contributed by atoms with Crippen LogP contribution in [0.3, 0.4) is 0 Å². The summed E-state index contributed by atoms with van der Waals surface area (Å²) in [4.78, 5) is 0. The molecule has 3 nitrogen and oxygen atoms in total. The first-order valence-corrected chi connectivity index (χ1v) is 7.33. The smallest absolute Gasteiger partial charge is 0.146 e. The first-order chi connectivity index (χ1) is 9.70. The van der Waals surface area contributed by atoms with Crippen LogP contribution in [0.5, 0.6) is 5.75 Å². The molecular formula is C15H17BrFNO2. The summed E-state index contributed by atoms with van der Waals surface area (Å²) in [6.45, 7) is 4.12. The van der Waals surface area contributed by atoms with Gasteiger partial charge in [-0.15, -0.1) is 0 Å². The van der Waals surface area contributed by atoms with Crippen molar-refractivity contribution in [2.24, 2.45) is 0 Å². The van der Waals surface area contributed by atoms with E-state index in [1.807, 2.05) is 6.07 Å². The highest BCUT2D eigenvalue weighted by molar-refractivity contribution is 9.10. The quantitative estimate of drug-likeness (QED) is 0.764. The van der Waals surface area contributed by atoms with Crippen LogP contribution in [0.15, 0.2) is 39.4 Å². The van der Waals surface area contributed by atoms with Crippen molar-refractivity contribution < 1.29 is 13.5 Å². The van der Waals surface area contributed by atoms with E-state index in [1.165, 1.54) is 6.07 Å². The predicted octanol–water partition coefficient (Wildman–Crippen LogP) is 4.26. The summed E-state index contributed by atoms with van der Waals surface area (Å²) in [5.41, 5.74) is 1.07. The number of rotatable bonds is 7. The maximum absolute atomic E-state index is 13.4. The van der Waals surface area contributed by atoms with Crippen LogP contribution in [-0.2, 0) is 13.2 Å². The molecule has 2 rings (SSSR count). The second-order valence-electron chi connectivity index (χ2n) is 4.41. The summed E-state index contributed by atoms with van der Waals surface area (Å²) in [6.07, 6.45) is 2.73. The molecule has 108 valence electrons. The Bertz CT molecular complexity index is 557. The number of nitrogens with one attached hydrogen (secondary N) is 1. The van der Waals surface area contributed by atoms with Gasteiger partial charge in [0.05, 0.1) is 10.7 Å². The summed E-state index contributed by atoms with van der Waals surface area (Å²) in [6, 6.07) is 6.60. The van der Waals surface area contributed by atoms with Gasteiger partial charge in [0.2, 0.25) is 0 Å². The number of furan rings is 1. The Balaban J connectivity index is 1.93. The van der Waals surface area contributed by atoms with Gasteiger partial charge in [0.15, 0.2) is 0 Å². The molecule has 0 bridgehead atoms. The molecular weight excluding hydrogens is 325 g/mol. The molecule has 0 saturated carbocycles. The van der Waals surface area contributed by atoms with Gasteiger partial charge in [-0.2, -0.15) is 0 Å². The Labute approximate surface area is 126 Å². The molecule has 0 unspecified atom stereocenters. The first kappa shape index (κ1) is 15.1. The molecule has 1 aromatic heterocycles. The molecule has 0 aliphatic rings. The van der Waals surface area contributed by atoms with E-state index in [0.29, 0.717) is 10.2 Å². The van der Waals surface area contributed by atoms with Crippen molar-refractivity contribution in [2.75, 3.05) is 6.54 Å². The average Bonchev–Trinajstić information content (AvgIpc) is 2.88. The molecule has 0 atom stereocenters. The second kappa shape index (κ2) is 7.45. The minimum absolute atomic E-state index is 0.289. The fourth-order valence-corrected chi connectivity index (χ4v) is 2.01. The minimum atomic E-state index is -0.341. The zero-order valence-corrected chi connectivity index (χ0v) is 12.9. The Morgan fingerprint density at radius 2 is 2.20 bits per heavy atom. The summed E-state index contributed by atoms with van der Waals surface area (Å²) in [7, 11) is 0. The van der Waals surface area contributed by atoms with Crippen LogP contribution >= 0.6 is 15.9 Å². The van der Waals surface area contributed by atoms with E-state index in [1.54, 1.807) is 18.4 Å². The largest absolute Gasteiger partial charge is 0.486 e. The molecule has 0 fully saturated rings. The predicted molar refractivity (Wildman–Crippen MR) is 79.1 cm³/mol. The molecule has 1 aromatic carbocycles. The Hall–Kier alpha value is -1.33. The zero-order valence-electron chi connectivity index (χ0n) is 11.3. The molecule has 2 aromatic rings. The number of halogens is 2. The van der Waals surface area contributed by atoms with Gasteiger partial charge in [0, 0.05) is 18.2 Å². The van der Waals surface area contributed by atoms with Gasteiger partial charge in [-0.3, -0.25) is 0 Å². The number of benzene rings is 1. The third-order valence-electron chi connectivity index (χ3n) is 2.84. The molecule has 0 aliphatic carbocycles. The molecule has 5 heteroatoms. The van der Waals surface area contributed by atoms with Crippen LogP contribution in [0.1, 0.15) is 24.7 Å². The van der Waals surface area contributed by atoms with Crippen molar-refractivity contribution in [1.29, 1.82) is 0 Å². The third kappa shape index (κ3) is 4.08. The van der Waals surface area contributed by atoms with Gasteiger partial charge in [-0.1, -0.05) is 6.92 Å². The Morgan fingerprint density at radius 1 is 1.35 bits per heavy atom. The van der Waals surface area contributed by atoms with E-state index in [9.17, 15) is 4.39 Å². The Morgan fingerprint density at radius 3 is 2.95 bits per heavy atom. The van der Waals surface area contributed by atoms with Crippen LogP contribution in [0.4, 0.5) is 4.39 Å². The number of ether oxygens (including phenoxy) is 1. The normalized spacial score (nSPS) is 10.8. The SMILES string of the molecule is CCCNCc1ccoc1COc1ccc(Br)c(F)c1. The van der Waals surface area contributed by atoms with E-state index in [-0.39, 0.29) is 12.4 Å². The van der Waals surface area contributed by atoms with Crippen molar-refractivity contribution in [2.45, 2.75) is 26.5 Å². The van der Waals surface area contributed by atoms with Gasteiger partial charge >= 0.3 is 0 Å². The lowest BCUT2D eigenvalue weighted by Crippen LogP contribution is -2.14. The standard InChI is InChI=1S/C15H17BrFNO2/c1-2-6-18-9-11-5-7-19-15(11)10-20-12-3-4-13(16)14(17)8-12/h3-5,7-8,18H,2,6,9-10H2,1H3. The van der Waals surface area contributed by atoms with E-state index >= 15 is 0 Å². The van der Waals surface area contributed by atoms with Crippen molar-refractivity contribution >= 4 is 15.9 Å². The third-order valence-corrected chi connectivity index (χ3v) is 3.48. The monoisotopic (exact) mass is 341 g/mol. The van der Waals surface area contributed by atoms with Crippen molar-refractivity contribution in [3.63, 3.8) is 0 Å². The molecule has 0 amide bonds. The van der Waals surface area contributed by atoms with Crippen molar-refractivity contribution in [3.8, 4) is 5.75 Å². The van der Waals surface area contributed by atoms with Crippen LogP contribution in [0.2, 0.25) is 0 Å². The topological polar surface area (TPSA) is 34.4 Å². The van der Waals surface area contributed by atoms with E-state index < -0.39 is 0 Å².